The minimum absolute atomic E-state index is 0.0267. The van der Waals surface area contributed by atoms with Gasteiger partial charge in [0, 0.05) is 16.2 Å². The van der Waals surface area contributed by atoms with Crippen molar-refractivity contribution < 1.29 is 39.4 Å². The molecular weight excluding hydrogens is 728 g/mol. The van der Waals surface area contributed by atoms with Gasteiger partial charge in [-0.1, -0.05) is 65.8 Å². The Kier molecular flexibility index (Phi) is 9.44. The summed E-state index contributed by atoms with van der Waals surface area (Å²) in [5.74, 6) is 0.903. The van der Waals surface area contributed by atoms with Crippen LogP contribution in [-0.4, -0.2) is 23.9 Å². The van der Waals surface area contributed by atoms with E-state index in [1.165, 1.54) is 11.3 Å². The van der Waals surface area contributed by atoms with E-state index in [2.05, 4.69) is 6.07 Å². The van der Waals surface area contributed by atoms with E-state index in [1.807, 2.05) is 62.4 Å². The summed E-state index contributed by atoms with van der Waals surface area (Å²) in [6.45, 7) is 5.17. The number of carbonyl (C=O) groups excluding carboxylic acids is 1. The second-order valence-electron chi connectivity index (χ2n) is 10.6. The van der Waals surface area contributed by atoms with E-state index in [0.29, 0.717) is 51.1 Å². The number of hydrogen-bond donors (Lipinski definition) is 0. The predicted molar refractivity (Wildman–Crippen MR) is 184 cm³/mol. The van der Waals surface area contributed by atoms with E-state index in [4.69, 9.17) is 32.7 Å². The molecule has 0 saturated heterocycles. The second kappa shape index (κ2) is 12.5. The normalized spacial score (nSPS) is 18.6. The topological polar surface area (TPSA) is 52.6 Å². The van der Waals surface area contributed by atoms with Gasteiger partial charge in [-0.25, -0.2) is 0 Å². The van der Waals surface area contributed by atoms with E-state index in [9.17, 15) is 34.8 Å². The van der Waals surface area contributed by atoms with Gasteiger partial charge in [-0.05, 0) is 55.3 Å². The number of ketones is 1. The Labute approximate surface area is 281 Å². The zero-order valence-electron chi connectivity index (χ0n) is 24.7. The molecule has 2 unspecified atom stereocenters. The maximum absolute atomic E-state index is 14.0. The van der Waals surface area contributed by atoms with Crippen LogP contribution in [0, 0.1) is 5.92 Å². The summed E-state index contributed by atoms with van der Waals surface area (Å²) >= 11 is 14.8. The fraction of sp³-hybridized carbons (Fsp3) is 0.219. The Morgan fingerprint density at radius 2 is 1.47 bits per heavy atom. The van der Waals surface area contributed by atoms with Gasteiger partial charge in [0.2, 0.25) is 0 Å². The molecule has 3 aromatic carbocycles. The molecule has 2 heterocycles. The summed E-state index contributed by atoms with van der Waals surface area (Å²) in [5, 5.41) is 1.89. The number of thiol groups is 1. The number of halogens is 8. The summed E-state index contributed by atoms with van der Waals surface area (Å²) in [7, 11) is -11.9. The van der Waals surface area contributed by atoms with Gasteiger partial charge < -0.3 is 9.47 Å². The first-order valence-electron chi connectivity index (χ1n) is 14.3. The number of allylic oxidation sites excluding steroid dienone is 4. The number of ether oxygens (including phenoxy) is 2. The molecule has 6 rings (SSSR count). The summed E-state index contributed by atoms with van der Waals surface area (Å²) in [6.07, 6.45) is 9.52. The molecule has 0 bridgehead atoms. The number of fused-ring (bicyclic) bond motifs is 4. The van der Waals surface area contributed by atoms with Crippen molar-refractivity contribution in [3.8, 4) is 11.5 Å². The predicted octanol–water partition coefficient (Wildman–Crippen LogP) is 11.6. The van der Waals surface area contributed by atoms with Crippen LogP contribution >= 0.6 is 42.3 Å². The van der Waals surface area contributed by atoms with Crippen LogP contribution in [0.4, 0.5) is 25.2 Å². The van der Waals surface area contributed by atoms with Crippen molar-refractivity contribution in [3.63, 3.8) is 0 Å². The third-order valence-electron chi connectivity index (χ3n) is 7.00. The fourth-order valence-electron chi connectivity index (χ4n) is 5.21. The first kappa shape index (κ1) is 35.4. The average molecular weight is 756 g/mol. The van der Waals surface area contributed by atoms with Crippen molar-refractivity contribution in [2.75, 3.05) is 13.2 Å². The summed E-state index contributed by atoms with van der Waals surface area (Å²) in [6, 6.07) is 13.2. The van der Waals surface area contributed by atoms with E-state index >= 15 is 0 Å². The number of carbonyl (C=O) groups is 1. The van der Waals surface area contributed by atoms with Crippen LogP contribution in [0.25, 0.3) is 20.2 Å². The van der Waals surface area contributed by atoms with Crippen molar-refractivity contribution in [2.24, 2.45) is 5.92 Å². The molecule has 1 aromatic heterocycles. The Bertz CT molecular complexity index is 2080. The molecule has 4 aromatic rings. The van der Waals surface area contributed by atoms with Crippen LogP contribution in [-0.2, 0) is 10.5 Å². The van der Waals surface area contributed by atoms with Crippen LogP contribution in [0.15, 0.2) is 81.4 Å². The SMILES string of the molecule is CCCOc1ccc(Cl)c2c1[SH+](c1ccc3sc4c(OCCC)ccc(Cl)c4c(=O)c3c1)=C1C=CC=CC1C2=O.F[P-](F)(F)(F)(F)F. The van der Waals surface area contributed by atoms with E-state index in [1.54, 1.807) is 12.1 Å². The van der Waals surface area contributed by atoms with Gasteiger partial charge in [0.15, 0.2) is 21.9 Å². The number of rotatable bonds is 7. The molecule has 1 aliphatic carbocycles. The molecule has 252 valence electrons. The molecule has 0 saturated carbocycles. The molecule has 2 atom stereocenters. The van der Waals surface area contributed by atoms with Crippen LogP contribution in [0.5, 0.6) is 11.5 Å². The van der Waals surface area contributed by atoms with E-state index < -0.39 is 24.2 Å². The Balaban J connectivity index is 0.000000559. The van der Waals surface area contributed by atoms with Gasteiger partial charge in [-0.3, -0.25) is 9.59 Å². The van der Waals surface area contributed by atoms with Crippen molar-refractivity contribution >= 4 is 83.7 Å². The van der Waals surface area contributed by atoms with Crippen molar-refractivity contribution in [1.29, 1.82) is 0 Å². The van der Waals surface area contributed by atoms with Crippen LogP contribution in [0.2, 0.25) is 10.0 Å². The molecule has 0 N–H and O–H groups in total. The minimum atomic E-state index is -10.7. The van der Waals surface area contributed by atoms with Crippen molar-refractivity contribution in [3.05, 3.63) is 92.6 Å². The molecule has 15 heteroatoms. The van der Waals surface area contributed by atoms with Crippen LogP contribution < -0.4 is 14.9 Å². The molecule has 0 fully saturated rings. The molecule has 4 nitrogen and oxygen atoms in total. The first-order valence-corrected chi connectivity index (χ1v) is 19.2. The van der Waals surface area contributed by atoms with Crippen LogP contribution in [0.3, 0.4) is 0 Å². The molecule has 0 radical (unpaired) electrons. The number of Topliss-reactive ketones (excluding diaryl/α,β-unsaturated/α-hetero) is 1. The van der Waals surface area contributed by atoms with Crippen molar-refractivity contribution in [2.45, 2.75) is 36.5 Å². The summed E-state index contributed by atoms with van der Waals surface area (Å²) in [4.78, 5) is 30.5. The zero-order chi connectivity index (χ0) is 34.4. The molecular formula is C32H27Cl2F6O4PS2. The van der Waals surface area contributed by atoms with E-state index in [0.717, 1.165) is 36.9 Å². The van der Waals surface area contributed by atoms with Gasteiger partial charge in [-0.15, -0.1) is 11.3 Å². The Morgan fingerprint density at radius 3 is 2.13 bits per heavy atom. The monoisotopic (exact) mass is 754 g/mol. The molecule has 1 aliphatic heterocycles. The third kappa shape index (κ3) is 8.05. The van der Waals surface area contributed by atoms with Gasteiger partial charge in [0.25, 0.3) is 0 Å². The number of hydrogen-bond acceptors (Lipinski definition) is 5. The van der Waals surface area contributed by atoms with Gasteiger partial charge in [0.05, 0.1) is 38.9 Å². The van der Waals surface area contributed by atoms with Gasteiger partial charge >= 0.3 is 33.0 Å². The van der Waals surface area contributed by atoms with Crippen LogP contribution in [0.1, 0.15) is 37.0 Å². The number of benzene rings is 3. The molecule has 0 spiro atoms. The Hall–Kier alpha value is -2.89. The van der Waals surface area contributed by atoms with E-state index in [-0.39, 0.29) is 11.2 Å². The zero-order valence-corrected chi connectivity index (χ0v) is 28.8. The first-order chi connectivity index (χ1) is 21.9. The standard InChI is InChI=1S/C32H26Cl2O4S2.F6P/c1-3-15-37-23-12-10-21(33)27-30(36)20-17-18(9-14-25(20)39-31(23)27)40-26-8-6-5-7-19(26)29(35)28-22(34)11-13-24(32(28)40)38-16-4-2;1-7(2,3,4,5)6/h5-14,17,19H,3-4,15-16H2,1-2H3;/q;-1/p+1. The molecule has 47 heavy (non-hydrogen) atoms. The molecule has 0 amide bonds. The van der Waals surface area contributed by atoms with Crippen molar-refractivity contribution in [1.82, 2.24) is 0 Å². The molecule has 2 aliphatic rings. The van der Waals surface area contributed by atoms with Gasteiger partial charge in [0.1, 0.15) is 21.4 Å². The fourth-order valence-corrected chi connectivity index (χ4v) is 9.80. The third-order valence-corrected chi connectivity index (χ3v) is 11.4. The second-order valence-corrected chi connectivity index (χ2v) is 16.6. The quantitative estimate of drug-likeness (QED) is 0.0471. The van der Waals surface area contributed by atoms with Gasteiger partial charge in [-0.2, -0.15) is 0 Å². The summed E-state index contributed by atoms with van der Waals surface area (Å²) in [5.41, 5.74) is 0.384. The average Bonchev–Trinajstić information content (AvgIpc) is 2.99. The summed E-state index contributed by atoms with van der Waals surface area (Å²) < 4.78 is 72.9. The Morgan fingerprint density at radius 1 is 0.851 bits per heavy atom. The maximum atomic E-state index is 14.0.